The Balaban J connectivity index is 1.32. The zero-order valence-electron chi connectivity index (χ0n) is 14.8. The van der Waals surface area contributed by atoms with Gasteiger partial charge in [-0.1, -0.05) is 12.1 Å². The Kier molecular flexibility index (Phi) is 3.99. The zero-order chi connectivity index (χ0) is 17.5. The average molecular weight is 349 g/mol. The Morgan fingerprint density at radius 2 is 2.08 bits per heavy atom. The van der Waals surface area contributed by atoms with Crippen LogP contribution in [-0.4, -0.2) is 39.4 Å². The first-order valence-corrected chi connectivity index (χ1v) is 9.59. The molecule has 5 rings (SSSR count). The van der Waals surface area contributed by atoms with Gasteiger partial charge in [0.2, 0.25) is 0 Å². The van der Waals surface area contributed by atoms with Crippen molar-refractivity contribution < 1.29 is 4.74 Å². The summed E-state index contributed by atoms with van der Waals surface area (Å²) in [6.45, 7) is 3.26. The van der Waals surface area contributed by atoms with Gasteiger partial charge in [-0.25, -0.2) is 0 Å². The van der Waals surface area contributed by atoms with E-state index >= 15 is 0 Å². The fourth-order valence-electron chi connectivity index (χ4n) is 3.85. The van der Waals surface area contributed by atoms with E-state index in [0.717, 1.165) is 31.0 Å². The summed E-state index contributed by atoms with van der Waals surface area (Å²) in [7, 11) is 0. The van der Waals surface area contributed by atoms with Gasteiger partial charge in [0.25, 0.3) is 0 Å². The lowest BCUT2D eigenvalue weighted by molar-refractivity contribution is -0.0340. The average Bonchev–Trinajstić information content (AvgIpc) is 3.61. The van der Waals surface area contributed by atoms with Crippen molar-refractivity contribution in [3.63, 3.8) is 0 Å². The summed E-state index contributed by atoms with van der Waals surface area (Å²) in [4.78, 5) is 2.41. The summed E-state index contributed by atoms with van der Waals surface area (Å²) in [5, 5.41) is 18.2. The second kappa shape index (κ2) is 6.49. The maximum Gasteiger partial charge on any atom is 0.147 e. The molecule has 134 valence electrons. The van der Waals surface area contributed by atoms with Crippen molar-refractivity contribution >= 4 is 0 Å². The topological polar surface area (TPSA) is 67.0 Å². The lowest BCUT2D eigenvalue weighted by Gasteiger charge is -2.33. The molecule has 0 radical (unpaired) electrons. The molecule has 26 heavy (non-hydrogen) atoms. The number of aromatic nitrogens is 3. The molecule has 3 aliphatic rings. The molecule has 0 spiro atoms. The van der Waals surface area contributed by atoms with Crippen LogP contribution in [0, 0.1) is 11.3 Å². The van der Waals surface area contributed by atoms with E-state index < -0.39 is 0 Å². The number of rotatable bonds is 5. The minimum absolute atomic E-state index is 0.0113. The van der Waals surface area contributed by atoms with Crippen molar-refractivity contribution in [1.82, 2.24) is 19.7 Å². The zero-order valence-corrected chi connectivity index (χ0v) is 14.8. The fourth-order valence-corrected chi connectivity index (χ4v) is 3.85. The maximum atomic E-state index is 9.13. The number of hydrogen-bond acceptors (Lipinski definition) is 5. The lowest BCUT2D eigenvalue weighted by Crippen LogP contribution is -2.38. The minimum atomic E-state index is 0.0113. The molecule has 2 aliphatic carbocycles. The molecule has 1 aliphatic heterocycles. The first-order chi connectivity index (χ1) is 12.8. The molecule has 2 saturated carbocycles. The van der Waals surface area contributed by atoms with Crippen LogP contribution in [0.25, 0.3) is 0 Å². The largest absolute Gasteiger partial charge is 0.371 e. The van der Waals surface area contributed by atoms with Crippen LogP contribution in [0.2, 0.25) is 0 Å². The molecule has 2 aromatic rings. The SMILES string of the molecule is N#Cc1cccc(C2CN(Cc3nnc(C4CC4)n3C3CC3)CCO2)c1. The standard InChI is InChI=1S/C20H23N5O/c21-11-14-2-1-3-16(10-14)18-12-24(8-9-26-18)13-19-22-23-20(15-4-5-15)25(19)17-6-7-17/h1-3,10,15,17-18H,4-9,12-13H2. The van der Waals surface area contributed by atoms with Crippen LogP contribution >= 0.6 is 0 Å². The number of benzene rings is 1. The summed E-state index contributed by atoms with van der Waals surface area (Å²) >= 11 is 0. The molecule has 1 atom stereocenters. The normalized spacial score (nSPS) is 23.7. The van der Waals surface area contributed by atoms with E-state index in [2.05, 4.69) is 25.7 Å². The van der Waals surface area contributed by atoms with Gasteiger partial charge in [-0.15, -0.1) is 10.2 Å². The van der Waals surface area contributed by atoms with E-state index in [-0.39, 0.29) is 6.10 Å². The molecule has 6 heteroatoms. The molecule has 0 amide bonds. The van der Waals surface area contributed by atoms with Crippen molar-refractivity contribution in [3.05, 3.63) is 47.0 Å². The van der Waals surface area contributed by atoms with E-state index in [9.17, 15) is 0 Å². The predicted octanol–water partition coefficient (Wildman–Crippen LogP) is 2.94. The van der Waals surface area contributed by atoms with Crippen LogP contribution in [0.5, 0.6) is 0 Å². The molecule has 1 aromatic carbocycles. The van der Waals surface area contributed by atoms with Gasteiger partial charge in [-0.2, -0.15) is 5.26 Å². The number of nitriles is 1. The van der Waals surface area contributed by atoms with Crippen LogP contribution in [-0.2, 0) is 11.3 Å². The molecule has 3 fully saturated rings. The van der Waals surface area contributed by atoms with Crippen LogP contribution in [0.4, 0.5) is 0 Å². The number of hydrogen-bond donors (Lipinski definition) is 0. The Bertz CT molecular complexity index is 846. The molecule has 0 N–H and O–H groups in total. The van der Waals surface area contributed by atoms with Gasteiger partial charge >= 0.3 is 0 Å². The Labute approximate surface area is 153 Å². The van der Waals surface area contributed by atoms with E-state index in [4.69, 9.17) is 10.00 Å². The van der Waals surface area contributed by atoms with Gasteiger partial charge in [-0.3, -0.25) is 4.90 Å². The molecule has 1 unspecified atom stereocenters. The van der Waals surface area contributed by atoms with Gasteiger partial charge in [0, 0.05) is 25.0 Å². The van der Waals surface area contributed by atoms with Crippen molar-refractivity contribution in [2.75, 3.05) is 19.7 Å². The van der Waals surface area contributed by atoms with Crippen molar-refractivity contribution in [1.29, 1.82) is 5.26 Å². The van der Waals surface area contributed by atoms with E-state index in [1.54, 1.807) is 0 Å². The highest BCUT2D eigenvalue weighted by Gasteiger charge is 2.36. The van der Waals surface area contributed by atoms with Crippen LogP contribution < -0.4 is 0 Å². The van der Waals surface area contributed by atoms with Gasteiger partial charge in [0.1, 0.15) is 11.6 Å². The molecule has 6 nitrogen and oxygen atoms in total. The second-order valence-electron chi connectivity index (χ2n) is 7.68. The first-order valence-electron chi connectivity index (χ1n) is 9.59. The minimum Gasteiger partial charge on any atom is -0.371 e. The van der Waals surface area contributed by atoms with Crippen LogP contribution in [0.3, 0.4) is 0 Å². The third-order valence-electron chi connectivity index (χ3n) is 5.55. The van der Waals surface area contributed by atoms with Crippen molar-refractivity contribution in [2.24, 2.45) is 0 Å². The van der Waals surface area contributed by atoms with Gasteiger partial charge < -0.3 is 9.30 Å². The quantitative estimate of drug-likeness (QED) is 0.830. The van der Waals surface area contributed by atoms with Crippen LogP contribution in [0.15, 0.2) is 24.3 Å². The van der Waals surface area contributed by atoms with E-state index in [0.29, 0.717) is 24.1 Å². The smallest absolute Gasteiger partial charge is 0.147 e. The highest BCUT2D eigenvalue weighted by Crippen LogP contribution is 2.44. The Hall–Kier alpha value is -2.23. The summed E-state index contributed by atoms with van der Waals surface area (Å²) in [6.07, 6.45) is 5.06. The molecule has 2 heterocycles. The van der Waals surface area contributed by atoms with Crippen molar-refractivity contribution in [2.45, 2.75) is 50.3 Å². The number of ether oxygens (including phenoxy) is 1. The molecule has 1 aromatic heterocycles. The van der Waals surface area contributed by atoms with Crippen molar-refractivity contribution in [3.8, 4) is 6.07 Å². The van der Waals surface area contributed by atoms with Gasteiger partial charge in [0.15, 0.2) is 0 Å². The Morgan fingerprint density at radius 1 is 1.19 bits per heavy atom. The number of nitrogens with zero attached hydrogens (tertiary/aromatic N) is 5. The summed E-state index contributed by atoms with van der Waals surface area (Å²) < 4.78 is 8.41. The highest BCUT2D eigenvalue weighted by molar-refractivity contribution is 5.34. The monoisotopic (exact) mass is 349 g/mol. The molecular weight excluding hydrogens is 326 g/mol. The molecule has 1 saturated heterocycles. The Morgan fingerprint density at radius 3 is 2.85 bits per heavy atom. The summed E-state index contributed by atoms with van der Waals surface area (Å²) in [6, 6.07) is 10.6. The third-order valence-corrected chi connectivity index (χ3v) is 5.55. The molecular formula is C20H23N5O. The summed E-state index contributed by atoms with van der Waals surface area (Å²) in [5.74, 6) is 2.97. The first kappa shape index (κ1) is 16.0. The van der Waals surface area contributed by atoms with Gasteiger partial charge in [-0.05, 0) is 43.4 Å². The third kappa shape index (κ3) is 3.13. The van der Waals surface area contributed by atoms with E-state index in [1.807, 2.05) is 24.3 Å². The second-order valence-corrected chi connectivity index (χ2v) is 7.68. The molecule has 0 bridgehead atoms. The number of morpholine rings is 1. The highest BCUT2D eigenvalue weighted by atomic mass is 16.5. The fraction of sp³-hybridized carbons (Fsp3) is 0.550. The maximum absolute atomic E-state index is 9.13. The summed E-state index contributed by atoms with van der Waals surface area (Å²) in [5.41, 5.74) is 1.77. The van der Waals surface area contributed by atoms with E-state index in [1.165, 1.54) is 31.5 Å². The predicted molar refractivity (Wildman–Crippen MR) is 95.4 cm³/mol. The van der Waals surface area contributed by atoms with Gasteiger partial charge in [0.05, 0.1) is 30.9 Å². The lowest BCUT2D eigenvalue weighted by atomic mass is 10.0. The van der Waals surface area contributed by atoms with Crippen LogP contribution in [0.1, 0.15) is 66.5 Å².